The molecule has 1 aromatic heterocycles. The van der Waals surface area contributed by atoms with Gasteiger partial charge in [0.25, 0.3) is 0 Å². The van der Waals surface area contributed by atoms with Crippen LogP contribution in [-0.4, -0.2) is 23.4 Å². The molecule has 1 N–H and O–H groups in total. The number of hydrogen-bond donors (Lipinski definition) is 1. The van der Waals surface area contributed by atoms with Crippen molar-refractivity contribution in [1.29, 1.82) is 0 Å². The highest BCUT2D eigenvalue weighted by atomic mass is 35.5. The molecule has 0 radical (unpaired) electrons. The van der Waals surface area contributed by atoms with Crippen molar-refractivity contribution in [2.75, 3.05) is 13.7 Å². The van der Waals surface area contributed by atoms with Crippen LogP contribution in [-0.2, 0) is 19.5 Å². The molecule has 0 saturated heterocycles. The maximum absolute atomic E-state index is 6.58. The largest absolute Gasteiger partial charge is 0.497 e. The second-order valence-corrected chi connectivity index (χ2v) is 7.21. The molecule has 0 aliphatic rings. The third-order valence-corrected chi connectivity index (χ3v) is 5.13. The highest BCUT2D eigenvalue weighted by Crippen LogP contribution is 2.22. The lowest BCUT2D eigenvalue weighted by atomic mass is 10.1. The first kappa shape index (κ1) is 19.7. The predicted molar refractivity (Wildman–Crippen MR) is 111 cm³/mol. The highest BCUT2D eigenvalue weighted by molar-refractivity contribution is 6.30. The van der Waals surface area contributed by atoms with Crippen molar-refractivity contribution < 1.29 is 4.74 Å². The predicted octanol–water partition coefficient (Wildman–Crippen LogP) is 4.89. The summed E-state index contributed by atoms with van der Waals surface area (Å²) >= 11 is 12.5. The molecule has 27 heavy (non-hydrogen) atoms. The maximum Gasteiger partial charge on any atom is 0.132 e. The van der Waals surface area contributed by atoms with Crippen LogP contribution in [0.15, 0.2) is 48.5 Å². The van der Waals surface area contributed by atoms with Gasteiger partial charge < -0.3 is 10.1 Å². The molecule has 2 aromatic carbocycles. The number of hydrogen-bond acceptors (Lipinski definition) is 3. The Morgan fingerprint density at radius 1 is 1.07 bits per heavy atom. The zero-order chi connectivity index (χ0) is 19.2. The van der Waals surface area contributed by atoms with Gasteiger partial charge in [0.05, 0.1) is 19.3 Å². The lowest BCUT2D eigenvalue weighted by Gasteiger charge is -2.07. The fourth-order valence-corrected chi connectivity index (χ4v) is 3.36. The van der Waals surface area contributed by atoms with Crippen molar-refractivity contribution in [2.45, 2.75) is 26.4 Å². The number of aromatic nitrogens is 2. The molecule has 1 heterocycles. The SMILES string of the molecule is COc1cccc(Cn2nc(C)c(CNCCc3ccc(Cl)cc3)c2Cl)c1. The van der Waals surface area contributed by atoms with Gasteiger partial charge >= 0.3 is 0 Å². The van der Waals surface area contributed by atoms with Crippen LogP contribution in [0.5, 0.6) is 5.75 Å². The fourth-order valence-electron chi connectivity index (χ4n) is 2.94. The fraction of sp³-hybridized carbons (Fsp3) is 0.286. The van der Waals surface area contributed by atoms with E-state index in [2.05, 4.69) is 22.5 Å². The van der Waals surface area contributed by atoms with Crippen LogP contribution in [0.2, 0.25) is 10.2 Å². The molecule has 0 fully saturated rings. The van der Waals surface area contributed by atoms with Gasteiger partial charge in [0.1, 0.15) is 10.9 Å². The van der Waals surface area contributed by atoms with E-state index < -0.39 is 0 Å². The van der Waals surface area contributed by atoms with Gasteiger partial charge in [0.15, 0.2) is 0 Å². The van der Waals surface area contributed by atoms with Gasteiger partial charge in [-0.2, -0.15) is 5.10 Å². The lowest BCUT2D eigenvalue weighted by molar-refractivity contribution is 0.414. The summed E-state index contributed by atoms with van der Waals surface area (Å²) < 4.78 is 7.12. The van der Waals surface area contributed by atoms with Crippen LogP contribution < -0.4 is 10.1 Å². The van der Waals surface area contributed by atoms with Crippen LogP contribution >= 0.6 is 23.2 Å². The van der Waals surface area contributed by atoms with Gasteiger partial charge in [-0.05, 0) is 55.3 Å². The van der Waals surface area contributed by atoms with E-state index in [1.807, 2.05) is 48.0 Å². The summed E-state index contributed by atoms with van der Waals surface area (Å²) in [5.41, 5.74) is 4.34. The van der Waals surface area contributed by atoms with Crippen LogP contribution in [0.1, 0.15) is 22.4 Å². The minimum atomic E-state index is 0.613. The molecule has 3 aromatic rings. The standard InChI is InChI=1S/C21H23Cl2N3O/c1-15-20(13-24-11-10-16-6-8-18(22)9-7-16)21(23)26(25-15)14-17-4-3-5-19(12-17)27-2/h3-9,12,24H,10-11,13-14H2,1-2H3. The Morgan fingerprint density at radius 2 is 1.85 bits per heavy atom. The van der Waals surface area contributed by atoms with Gasteiger partial charge in [0, 0.05) is 17.1 Å². The van der Waals surface area contributed by atoms with Crippen LogP contribution in [0.4, 0.5) is 0 Å². The van der Waals surface area contributed by atoms with E-state index in [4.69, 9.17) is 27.9 Å². The van der Waals surface area contributed by atoms with Crippen molar-refractivity contribution in [3.05, 3.63) is 81.1 Å². The van der Waals surface area contributed by atoms with Crippen molar-refractivity contribution in [1.82, 2.24) is 15.1 Å². The molecule has 0 saturated carbocycles. The molecule has 6 heteroatoms. The van der Waals surface area contributed by atoms with Crippen molar-refractivity contribution >= 4 is 23.2 Å². The first-order chi connectivity index (χ1) is 13.1. The number of aryl methyl sites for hydroxylation is 1. The second-order valence-electron chi connectivity index (χ2n) is 6.42. The normalized spacial score (nSPS) is 11.0. The van der Waals surface area contributed by atoms with Crippen molar-refractivity contribution in [3.8, 4) is 5.75 Å². The van der Waals surface area contributed by atoms with Crippen LogP contribution in [0, 0.1) is 6.92 Å². The Morgan fingerprint density at radius 3 is 2.59 bits per heavy atom. The number of methoxy groups -OCH3 is 1. The second kappa shape index (κ2) is 9.27. The summed E-state index contributed by atoms with van der Waals surface area (Å²) in [4.78, 5) is 0. The Bertz CT molecular complexity index is 891. The molecule has 0 atom stereocenters. The van der Waals surface area contributed by atoms with Gasteiger partial charge in [-0.1, -0.05) is 47.5 Å². The van der Waals surface area contributed by atoms with Crippen LogP contribution in [0.25, 0.3) is 0 Å². The Hall–Kier alpha value is -2.01. The van der Waals surface area contributed by atoms with Gasteiger partial charge in [0.2, 0.25) is 0 Å². The van der Waals surface area contributed by atoms with Crippen molar-refractivity contribution in [3.63, 3.8) is 0 Å². The molecular weight excluding hydrogens is 381 g/mol. The summed E-state index contributed by atoms with van der Waals surface area (Å²) in [5, 5.41) is 9.48. The smallest absolute Gasteiger partial charge is 0.132 e. The van der Waals surface area contributed by atoms with E-state index in [1.165, 1.54) is 5.56 Å². The first-order valence-electron chi connectivity index (χ1n) is 8.86. The molecule has 0 bridgehead atoms. The molecule has 0 unspecified atom stereocenters. The molecule has 0 aliphatic heterocycles. The monoisotopic (exact) mass is 403 g/mol. The summed E-state index contributed by atoms with van der Waals surface area (Å²) in [6.45, 7) is 4.15. The van der Waals surface area contributed by atoms with E-state index in [9.17, 15) is 0 Å². The number of benzene rings is 2. The van der Waals surface area contributed by atoms with Gasteiger partial charge in [-0.15, -0.1) is 0 Å². The highest BCUT2D eigenvalue weighted by Gasteiger charge is 2.13. The summed E-state index contributed by atoms with van der Waals surface area (Å²) in [6.07, 6.45) is 0.936. The third kappa shape index (κ3) is 5.25. The maximum atomic E-state index is 6.58. The molecule has 142 valence electrons. The number of halogens is 2. The Balaban J connectivity index is 1.58. The van der Waals surface area contributed by atoms with E-state index in [1.54, 1.807) is 7.11 Å². The van der Waals surface area contributed by atoms with Gasteiger partial charge in [-0.3, -0.25) is 0 Å². The average molecular weight is 404 g/mol. The zero-order valence-electron chi connectivity index (χ0n) is 15.5. The minimum absolute atomic E-state index is 0.613. The average Bonchev–Trinajstić information content (AvgIpc) is 2.94. The van der Waals surface area contributed by atoms with E-state index >= 15 is 0 Å². The quantitative estimate of drug-likeness (QED) is 0.544. The van der Waals surface area contributed by atoms with Crippen LogP contribution in [0.3, 0.4) is 0 Å². The minimum Gasteiger partial charge on any atom is -0.497 e. The van der Waals surface area contributed by atoms with Crippen molar-refractivity contribution in [2.24, 2.45) is 0 Å². The Labute approximate surface area is 170 Å². The van der Waals surface area contributed by atoms with E-state index in [0.717, 1.165) is 40.6 Å². The number of nitrogens with one attached hydrogen (secondary N) is 1. The number of rotatable bonds is 8. The topological polar surface area (TPSA) is 39.1 Å². The summed E-state index contributed by atoms with van der Waals surface area (Å²) in [6, 6.07) is 15.9. The molecule has 3 rings (SSSR count). The number of nitrogens with zero attached hydrogens (tertiary/aromatic N) is 2. The summed E-state index contributed by atoms with van der Waals surface area (Å²) in [5.74, 6) is 0.830. The molecule has 0 spiro atoms. The van der Waals surface area contributed by atoms with E-state index in [0.29, 0.717) is 18.2 Å². The van der Waals surface area contributed by atoms with E-state index in [-0.39, 0.29) is 0 Å². The molecule has 0 aliphatic carbocycles. The lowest BCUT2D eigenvalue weighted by Crippen LogP contribution is -2.17. The number of ether oxygens (including phenoxy) is 1. The van der Waals surface area contributed by atoms with Gasteiger partial charge in [-0.25, -0.2) is 4.68 Å². The molecular formula is C21H23Cl2N3O. The first-order valence-corrected chi connectivity index (χ1v) is 9.62. The molecule has 0 amide bonds. The Kier molecular flexibility index (Phi) is 6.78. The molecule has 4 nitrogen and oxygen atoms in total. The zero-order valence-corrected chi connectivity index (χ0v) is 17.0. The third-order valence-electron chi connectivity index (χ3n) is 4.46. The summed E-state index contributed by atoms with van der Waals surface area (Å²) in [7, 11) is 1.66.